The second-order valence-corrected chi connectivity index (χ2v) is 10.6. The van der Waals surface area contributed by atoms with Crippen LogP contribution in [0.2, 0.25) is 0 Å². The normalized spacial score (nSPS) is 15.1. The Morgan fingerprint density at radius 2 is 1.63 bits per heavy atom. The van der Waals surface area contributed by atoms with Gasteiger partial charge in [-0.2, -0.15) is 0 Å². The molecule has 0 radical (unpaired) electrons. The van der Waals surface area contributed by atoms with E-state index in [0.717, 1.165) is 36.3 Å². The zero-order chi connectivity index (χ0) is 28.0. The lowest BCUT2D eigenvalue weighted by molar-refractivity contribution is -0.180. The Bertz CT molecular complexity index is 844. The Morgan fingerprint density at radius 3 is 2.21 bits per heavy atom. The van der Waals surface area contributed by atoms with Gasteiger partial charge in [-0.25, -0.2) is 20.0 Å². The minimum Gasteiger partial charge on any atom is -0.458 e. The molecule has 9 nitrogen and oxygen atoms in total. The van der Waals surface area contributed by atoms with Crippen LogP contribution in [0.5, 0.6) is 0 Å². The fourth-order valence-corrected chi connectivity index (χ4v) is 4.51. The molecule has 1 aliphatic carbocycles. The van der Waals surface area contributed by atoms with Crippen molar-refractivity contribution in [2.75, 3.05) is 13.2 Å². The van der Waals surface area contributed by atoms with E-state index in [0.29, 0.717) is 25.6 Å². The van der Waals surface area contributed by atoms with Crippen molar-refractivity contribution in [3.05, 3.63) is 35.9 Å². The number of benzene rings is 1. The van der Waals surface area contributed by atoms with Crippen LogP contribution in [0.3, 0.4) is 0 Å². The van der Waals surface area contributed by atoms with E-state index in [4.69, 9.17) is 18.9 Å². The van der Waals surface area contributed by atoms with Gasteiger partial charge in [0.2, 0.25) is 5.91 Å². The Labute approximate surface area is 227 Å². The van der Waals surface area contributed by atoms with Crippen LogP contribution in [0, 0.1) is 5.92 Å². The van der Waals surface area contributed by atoms with Gasteiger partial charge >= 0.3 is 12.1 Å². The number of ether oxygens (including phenoxy) is 4. The van der Waals surface area contributed by atoms with Gasteiger partial charge in [-0.15, -0.1) is 0 Å². The van der Waals surface area contributed by atoms with Crippen molar-refractivity contribution in [2.24, 2.45) is 5.92 Å². The Balaban J connectivity index is 2.25. The smallest absolute Gasteiger partial charge is 0.426 e. The zero-order valence-electron chi connectivity index (χ0n) is 23.7. The topological polar surface area (TPSA) is 103 Å². The highest BCUT2D eigenvalue weighted by Crippen LogP contribution is 2.28. The van der Waals surface area contributed by atoms with E-state index in [9.17, 15) is 14.4 Å². The molecule has 0 aliphatic heterocycles. The Morgan fingerprint density at radius 1 is 1.00 bits per heavy atom. The second-order valence-electron chi connectivity index (χ2n) is 10.6. The molecular weight excluding hydrogens is 488 g/mol. The third-order valence-electron chi connectivity index (χ3n) is 6.30. The summed E-state index contributed by atoms with van der Waals surface area (Å²) in [6, 6.07) is 8.06. The van der Waals surface area contributed by atoms with E-state index < -0.39 is 30.0 Å². The van der Waals surface area contributed by atoms with Gasteiger partial charge in [-0.1, -0.05) is 62.4 Å². The van der Waals surface area contributed by atoms with Gasteiger partial charge < -0.3 is 18.9 Å². The summed E-state index contributed by atoms with van der Waals surface area (Å²) in [5.74, 6) is -0.578. The van der Waals surface area contributed by atoms with E-state index in [2.05, 4.69) is 5.43 Å². The molecule has 1 fully saturated rings. The number of esters is 1. The van der Waals surface area contributed by atoms with Gasteiger partial charge in [0.25, 0.3) is 0 Å². The molecule has 214 valence electrons. The Kier molecular flexibility index (Phi) is 13.6. The van der Waals surface area contributed by atoms with E-state index in [-0.39, 0.29) is 25.4 Å². The summed E-state index contributed by atoms with van der Waals surface area (Å²) in [6.07, 6.45) is 5.00. The van der Waals surface area contributed by atoms with E-state index in [1.165, 1.54) is 6.42 Å². The van der Waals surface area contributed by atoms with Crippen molar-refractivity contribution in [1.29, 1.82) is 0 Å². The number of carbonyl (C=O) groups excluding carboxylic acids is 3. The van der Waals surface area contributed by atoms with Crippen molar-refractivity contribution in [2.45, 2.75) is 111 Å². The van der Waals surface area contributed by atoms with E-state index in [1.807, 2.05) is 44.2 Å². The first-order valence-corrected chi connectivity index (χ1v) is 13.9. The molecule has 0 saturated heterocycles. The number of hydrogen-bond acceptors (Lipinski definition) is 7. The van der Waals surface area contributed by atoms with Crippen molar-refractivity contribution in [1.82, 2.24) is 10.4 Å². The summed E-state index contributed by atoms with van der Waals surface area (Å²) in [6.45, 7) is 9.63. The number of hydrogen-bond donors (Lipinski definition) is 1. The van der Waals surface area contributed by atoms with Gasteiger partial charge in [-0.3, -0.25) is 4.79 Å². The lowest BCUT2D eigenvalue weighted by Crippen LogP contribution is -2.57. The number of carbonyl (C=O) groups is 3. The van der Waals surface area contributed by atoms with Crippen LogP contribution < -0.4 is 5.43 Å². The highest BCUT2D eigenvalue weighted by molar-refractivity contribution is 5.86. The highest BCUT2D eigenvalue weighted by atomic mass is 16.7. The molecule has 1 aromatic rings. The van der Waals surface area contributed by atoms with Gasteiger partial charge in [0.05, 0.1) is 0 Å². The number of rotatable bonds is 13. The first-order valence-electron chi connectivity index (χ1n) is 13.9. The predicted octanol–water partition coefficient (Wildman–Crippen LogP) is 5.52. The quantitative estimate of drug-likeness (QED) is 0.202. The van der Waals surface area contributed by atoms with Gasteiger partial charge in [-0.05, 0) is 52.5 Å². The maximum Gasteiger partial charge on any atom is 0.426 e. The number of amides is 2. The third kappa shape index (κ3) is 11.8. The van der Waals surface area contributed by atoms with Crippen LogP contribution in [0.1, 0.15) is 91.5 Å². The highest BCUT2D eigenvalue weighted by Gasteiger charge is 2.37. The van der Waals surface area contributed by atoms with Crippen LogP contribution in [0.15, 0.2) is 30.3 Å². The number of nitrogens with zero attached hydrogens (tertiary/aromatic N) is 1. The molecule has 0 bridgehead atoms. The zero-order valence-corrected chi connectivity index (χ0v) is 23.7. The van der Waals surface area contributed by atoms with Crippen LogP contribution in [0.25, 0.3) is 0 Å². The maximum atomic E-state index is 13.6. The molecule has 2 amide bonds. The van der Waals surface area contributed by atoms with Crippen molar-refractivity contribution in [3.63, 3.8) is 0 Å². The summed E-state index contributed by atoms with van der Waals surface area (Å²) in [4.78, 5) is 39.8. The maximum absolute atomic E-state index is 13.6. The molecule has 0 heterocycles. The van der Waals surface area contributed by atoms with Crippen LogP contribution in [-0.2, 0) is 35.1 Å². The second kappa shape index (κ2) is 16.3. The molecule has 0 spiro atoms. The largest absolute Gasteiger partial charge is 0.458 e. The summed E-state index contributed by atoms with van der Waals surface area (Å²) in [5, 5.41) is 1.06. The molecular formula is C29H46N2O7. The average molecular weight is 535 g/mol. The number of hydrazine groups is 1. The predicted molar refractivity (Wildman–Crippen MR) is 144 cm³/mol. The molecule has 38 heavy (non-hydrogen) atoms. The SMILES string of the molecule is CCOC(C[C@@H](C(=O)OC(C)(C)C)N(NC(=O)OCc1ccccc1)C(=O)CCC1CCCCC1)OCC. The first kappa shape index (κ1) is 31.6. The summed E-state index contributed by atoms with van der Waals surface area (Å²) < 4.78 is 22.4. The molecule has 0 unspecified atom stereocenters. The molecule has 0 aromatic heterocycles. The van der Waals surface area contributed by atoms with E-state index in [1.54, 1.807) is 20.8 Å². The fourth-order valence-electron chi connectivity index (χ4n) is 4.51. The van der Waals surface area contributed by atoms with Crippen LogP contribution >= 0.6 is 0 Å². The molecule has 1 atom stereocenters. The van der Waals surface area contributed by atoms with Crippen molar-refractivity contribution >= 4 is 18.0 Å². The van der Waals surface area contributed by atoms with Crippen LogP contribution in [0.4, 0.5) is 4.79 Å². The minimum atomic E-state index is -1.17. The molecule has 1 aliphatic rings. The standard InChI is InChI=1S/C29H46N2O7/c1-6-35-26(36-7-2)20-24(27(33)38-29(3,4)5)31(25(32)19-18-22-14-10-8-11-15-22)30-28(34)37-21-23-16-12-9-13-17-23/h9,12-13,16-17,22,24,26H,6-8,10-11,14-15,18-21H2,1-5H3,(H,30,34)/t24-/m0/s1. The van der Waals surface area contributed by atoms with Gasteiger partial charge in [0.15, 0.2) is 12.3 Å². The van der Waals surface area contributed by atoms with Gasteiger partial charge in [0.1, 0.15) is 12.2 Å². The monoisotopic (exact) mass is 534 g/mol. The van der Waals surface area contributed by atoms with Crippen molar-refractivity contribution in [3.8, 4) is 0 Å². The Hall–Kier alpha value is -2.65. The third-order valence-corrected chi connectivity index (χ3v) is 6.30. The molecule has 1 saturated carbocycles. The fraction of sp³-hybridized carbons (Fsp3) is 0.690. The summed E-state index contributed by atoms with van der Waals surface area (Å²) >= 11 is 0. The van der Waals surface area contributed by atoms with Crippen molar-refractivity contribution < 1.29 is 33.3 Å². The van der Waals surface area contributed by atoms with E-state index >= 15 is 0 Å². The lowest BCUT2D eigenvalue weighted by atomic mass is 9.86. The van der Waals surface area contributed by atoms with Crippen LogP contribution in [-0.4, -0.2) is 54.1 Å². The summed E-state index contributed by atoms with van der Waals surface area (Å²) in [7, 11) is 0. The lowest BCUT2D eigenvalue weighted by Gasteiger charge is -2.34. The first-order chi connectivity index (χ1) is 18.1. The number of nitrogens with one attached hydrogen (secondary N) is 1. The molecule has 1 aromatic carbocycles. The summed E-state index contributed by atoms with van der Waals surface area (Å²) in [5.41, 5.74) is 2.54. The molecule has 2 rings (SSSR count). The molecule has 1 N–H and O–H groups in total. The molecule has 9 heteroatoms. The minimum absolute atomic E-state index is 0.00920. The van der Waals surface area contributed by atoms with Gasteiger partial charge in [0, 0.05) is 26.1 Å². The average Bonchev–Trinajstić information content (AvgIpc) is 2.88.